The molecule has 0 bridgehead atoms. The van der Waals surface area contributed by atoms with Crippen molar-refractivity contribution in [1.82, 2.24) is 14.6 Å². The fourth-order valence-electron chi connectivity index (χ4n) is 1.38. The third-order valence-electron chi connectivity index (χ3n) is 2.36. The van der Waals surface area contributed by atoms with Gasteiger partial charge < -0.3 is 5.32 Å². The number of nitrogens with one attached hydrogen (secondary N) is 1. The molecule has 0 aliphatic rings. The number of rotatable bonds is 7. The molecular weight excluding hydrogens is 266 g/mol. The monoisotopic (exact) mass is 283 g/mol. The fourth-order valence-corrected chi connectivity index (χ4v) is 2.11. The van der Waals surface area contributed by atoms with Gasteiger partial charge in [0.2, 0.25) is 15.9 Å². The van der Waals surface area contributed by atoms with E-state index < -0.39 is 10.0 Å². The van der Waals surface area contributed by atoms with Gasteiger partial charge >= 0.3 is 0 Å². The van der Waals surface area contributed by atoms with Crippen LogP contribution in [-0.4, -0.2) is 43.0 Å². The zero-order valence-electron chi connectivity index (χ0n) is 10.7. The van der Waals surface area contributed by atoms with Gasteiger partial charge in [-0.2, -0.15) is 4.31 Å². The van der Waals surface area contributed by atoms with Crippen LogP contribution in [0.15, 0.2) is 37.2 Å². The Labute approximate surface area is 113 Å². The van der Waals surface area contributed by atoms with E-state index in [1.807, 2.05) is 0 Å². The van der Waals surface area contributed by atoms with E-state index in [1.54, 1.807) is 24.5 Å². The highest BCUT2D eigenvalue weighted by Crippen LogP contribution is 1.99. The van der Waals surface area contributed by atoms with Crippen LogP contribution < -0.4 is 5.32 Å². The minimum atomic E-state index is -3.41. The van der Waals surface area contributed by atoms with Crippen molar-refractivity contribution in [2.24, 2.45) is 0 Å². The summed E-state index contributed by atoms with van der Waals surface area (Å²) >= 11 is 0. The molecule has 0 unspecified atom stereocenters. The van der Waals surface area contributed by atoms with Gasteiger partial charge in [0.05, 0.1) is 12.8 Å². The Morgan fingerprint density at radius 1 is 1.47 bits per heavy atom. The summed E-state index contributed by atoms with van der Waals surface area (Å²) in [6.45, 7) is 3.71. The summed E-state index contributed by atoms with van der Waals surface area (Å²) in [5, 5.41) is 2.65. The summed E-state index contributed by atoms with van der Waals surface area (Å²) in [6.07, 6.45) is 5.76. The number of nitrogens with zero attached hydrogens (tertiary/aromatic N) is 2. The van der Waals surface area contributed by atoms with Gasteiger partial charge in [-0.05, 0) is 17.7 Å². The Balaban J connectivity index is 2.52. The van der Waals surface area contributed by atoms with E-state index in [1.165, 1.54) is 6.08 Å². The molecule has 0 aliphatic heterocycles. The number of pyridine rings is 1. The Bertz CT molecular complexity index is 528. The summed E-state index contributed by atoms with van der Waals surface area (Å²) in [5.41, 5.74) is 0.901. The lowest BCUT2D eigenvalue weighted by atomic mass is 10.3. The summed E-state index contributed by atoms with van der Waals surface area (Å²) in [7, 11) is -3.41. The Morgan fingerprint density at radius 3 is 2.63 bits per heavy atom. The molecule has 0 aromatic carbocycles. The minimum Gasteiger partial charge on any atom is -0.351 e. The molecule has 1 rings (SSSR count). The van der Waals surface area contributed by atoms with E-state index >= 15 is 0 Å². The fraction of sp³-hybridized carbons (Fsp3) is 0.333. The topological polar surface area (TPSA) is 79.4 Å². The van der Waals surface area contributed by atoms with Crippen LogP contribution in [0.2, 0.25) is 0 Å². The first kappa shape index (κ1) is 15.3. The number of hydrogen-bond acceptors (Lipinski definition) is 4. The third-order valence-corrected chi connectivity index (χ3v) is 3.58. The zero-order valence-corrected chi connectivity index (χ0v) is 11.6. The highest BCUT2D eigenvalue weighted by molar-refractivity contribution is 7.88. The van der Waals surface area contributed by atoms with E-state index in [9.17, 15) is 13.2 Å². The van der Waals surface area contributed by atoms with Gasteiger partial charge in [0, 0.05) is 25.5 Å². The molecule has 0 fully saturated rings. The molecule has 1 amide bonds. The summed E-state index contributed by atoms with van der Waals surface area (Å²) in [5.74, 6) is -0.357. The number of sulfonamides is 1. The average molecular weight is 283 g/mol. The van der Waals surface area contributed by atoms with E-state index in [2.05, 4.69) is 16.9 Å². The second-order valence-corrected chi connectivity index (χ2v) is 5.96. The number of hydrogen-bond donors (Lipinski definition) is 1. The van der Waals surface area contributed by atoms with Gasteiger partial charge in [-0.15, -0.1) is 6.58 Å². The van der Waals surface area contributed by atoms with E-state index in [0.717, 1.165) is 16.1 Å². The Hall–Kier alpha value is -1.73. The van der Waals surface area contributed by atoms with Crippen molar-refractivity contribution >= 4 is 15.9 Å². The standard InChI is InChI=1S/C12H17N3O3S/c1-3-8-15(19(2,17)18)10-12(16)14-9-11-4-6-13-7-5-11/h3-7H,1,8-10H2,2H3,(H,14,16). The summed E-state index contributed by atoms with van der Waals surface area (Å²) in [4.78, 5) is 15.5. The van der Waals surface area contributed by atoms with Gasteiger partial charge in [-0.1, -0.05) is 6.08 Å². The first-order valence-corrected chi connectivity index (χ1v) is 7.50. The van der Waals surface area contributed by atoms with Crippen LogP contribution in [0.5, 0.6) is 0 Å². The summed E-state index contributed by atoms with van der Waals surface area (Å²) in [6, 6.07) is 3.55. The molecule has 0 radical (unpaired) electrons. The molecule has 104 valence electrons. The molecule has 1 aromatic rings. The van der Waals surface area contributed by atoms with Crippen molar-refractivity contribution < 1.29 is 13.2 Å². The maximum absolute atomic E-state index is 11.7. The first-order valence-electron chi connectivity index (χ1n) is 5.65. The lowest BCUT2D eigenvalue weighted by Gasteiger charge is -2.17. The van der Waals surface area contributed by atoms with Gasteiger partial charge in [-0.25, -0.2) is 8.42 Å². The van der Waals surface area contributed by atoms with Gasteiger partial charge in [0.15, 0.2) is 0 Å². The average Bonchev–Trinajstić information content (AvgIpc) is 2.36. The second-order valence-electron chi connectivity index (χ2n) is 3.98. The number of aromatic nitrogens is 1. The second kappa shape index (κ2) is 7.01. The van der Waals surface area contributed by atoms with Crippen molar-refractivity contribution in [3.05, 3.63) is 42.7 Å². The van der Waals surface area contributed by atoms with Gasteiger partial charge in [0.1, 0.15) is 0 Å². The molecular formula is C12H17N3O3S. The zero-order chi connectivity index (χ0) is 14.3. The molecule has 7 heteroatoms. The van der Waals surface area contributed by atoms with Crippen molar-refractivity contribution in [3.63, 3.8) is 0 Å². The van der Waals surface area contributed by atoms with Crippen LogP contribution in [0.25, 0.3) is 0 Å². The highest BCUT2D eigenvalue weighted by atomic mass is 32.2. The summed E-state index contributed by atoms with van der Waals surface area (Å²) < 4.78 is 23.9. The predicted octanol–water partition coefficient (Wildman–Crippen LogP) is 0.145. The molecule has 0 saturated carbocycles. The highest BCUT2D eigenvalue weighted by Gasteiger charge is 2.18. The van der Waals surface area contributed by atoms with E-state index in [0.29, 0.717) is 6.54 Å². The molecule has 1 N–H and O–H groups in total. The van der Waals surface area contributed by atoms with Gasteiger partial charge in [-0.3, -0.25) is 9.78 Å². The van der Waals surface area contributed by atoms with Crippen LogP contribution in [0.1, 0.15) is 5.56 Å². The van der Waals surface area contributed by atoms with Crippen molar-refractivity contribution in [1.29, 1.82) is 0 Å². The molecule has 0 saturated heterocycles. The predicted molar refractivity (Wildman–Crippen MR) is 72.7 cm³/mol. The van der Waals surface area contributed by atoms with Crippen LogP contribution in [0, 0.1) is 0 Å². The number of carbonyl (C=O) groups excluding carboxylic acids is 1. The molecule has 0 aliphatic carbocycles. The lowest BCUT2D eigenvalue weighted by molar-refractivity contribution is -0.121. The van der Waals surface area contributed by atoms with Crippen LogP contribution in [0.3, 0.4) is 0 Å². The quantitative estimate of drug-likeness (QED) is 0.722. The van der Waals surface area contributed by atoms with Crippen molar-refractivity contribution in [2.45, 2.75) is 6.54 Å². The molecule has 0 spiro atoms. The Morgan fingerprint density at radius 2 is 2.11 bits per heavy atom. The van der Waals surface area contributed by atoms with Gasteiger partial charge in [0.25, 0.3) is 0 Å². The van der Waals surface area contributed by atoms with Crippen molar-refractivity contribution in [2.75, 3.05) is 19.3 Å². The first-order chi connectivity index (χ1) is 8.93. The van der Waals surface area contributed by atoms with Crippen LogP contribution in [-0.2, 0) is 21.4 Å². The lowest BCUT2D eigenvalue weighted by Crippen LogP contribution is -2.40. The Kier molecular flexibility index (Phi) is 5.65. The largest absolute Gasteiger partial charge is 0.351 e. The molecule has 19 heavy (non-hydrogen) atoms. The minimum absolute atomic E-state index is 0.113. The molecule has 1 aromatic heterocycles. The normalized spacial score (nSPS) is 11.3. The smallest absolute Gasteiger partial charge is 0.235 e. The third kappa shape index (κ3) is 5.62. The van der Waals surface area contributed by atoms with Crippen LogP contribution >= 0.6 is 0 Å². The van der Waals surface area contributed by atoms with Crippen LogP contribution in [0.4, 0.5) is 0 Å². The number of carbonyl (C=O) groups is 1. The molecule has 1 heterocycles. The molecule has 6 nitrogen and oxygen atoms in total. The maximum Gasteiger partial charge on any atom is 0.235 e. The SMILES string of the molecule is C=CCN(CC(=O)NCc1ccncc1)S(C)(=O)=O. The van der Waals surface area contributed by atoms with Crippen molar-refractivity contribution in [3.8, 4) is 0 Å². The molecule has 0 atom stereocenters. The van der Waals surface area contributed by atoms with E-state index in [4.69, 9.17) is 0 Å². The number of amides is 1. The van der Waals surface area contributed by atoms with E-state index in [-0.39, 0.29) is 19.0 Å². The maximum atomic E-state index is 11.7.